The van der Waals surface area contributed by atoms with Crippen LogP contribution in [0.5, 0.6) is 0 Å². The van der Waals surface area contributed by atoms with Crippen LogP contribution < -0.4 is 4.90 Å². The smallest absolute Gasteiger partial charge is 0.159 e. The van der Waals surface area contributed by atoms with E-state index in [0.717, 1.165) is 99.2 Å². The summed E-state index contributed by atoms with van der Waals surface area (Å²) in [5.41, 5.74) is 10.4. The average molecular weight is 642 g/mol. The molecule has 8 aromatic carbocycles. The van der Waals surface area contributed by atoms with Gasteiger partial charge in [0.25, 0.3) is 0 Å². The van der Waals surface area contributed by atoms with E-state index in [0.29, 0.717) is 0 Å². The molecule has 11 rings (SSSR count). The van der Waals surface area contributed by atoms with E-state index < -0.39 is 0 Å². The third-order valence-electron chi connectivity index (χ3n) is 10.1. The van der Waals surface area contributed by atoms with Crippen molar-refractivity contribution < 1.29 is 13.3 Å². The van der Waals surface area contributed by atoms with Crippen LogP contribution >= 0.6 is 0 Å². The highest BCUT2D eigenvalue weighted by molar-refractivity contribution is 6.28. The molecular formula is C46H27NO3. The van der Waals surface area contributed by atoms with E-state index in [1.165, 1.54) is 5.56 Å². The van der Waals surface area contributed by atoms with Crippen LogP contribution in [0.15, 0.2) is 177 Å². The molecule has 4 nitrogen and oxygen atoms in total. The Labute approximate surface area is 286 Å². The zero-order valence-electron chi connectivity index (χ0n) is 26.8. The topological polar surface area (TPSA) is 42.7 Å². The van der Waals surface area contributed by atoms with Gasteiger partial charge >= 0.3 is 0 Å². The molecule has 0 atom stereocenters. The summed E-state index contributed by atoms with van der Waals surface area (Å²) in [6.07, 6.45) is 0. The lowest BCUT2D eigenvalue weighted by Crippen LogP contribution is -2.10. The maximum Gasteiger partial charge on any atom is 0.159 e. The Hall–Kier alpha value is -6.78. The summed E-state index contributed by atoms with van der Waals surface area (Å²) in [6.45, 7) is 0. The van der Waals surface area contributed by atoms with Gasteiger partial charge in [-0.2, -0.15) is 0 Å². The van der Waals surface area contributed by atoms with Crippen LogP contribution in [0.4, 0.5) is 17.1 Å². The molecule has 0 fully saturated rings. The SMILES string of the molecule is c1ccc(-c2ccc(N(c3ccc4oc5ccc6oc7c8ccccc8ccc7c6c5c4c3)c3cccc4c3oc3ccccc34)cc2)cc1. The molecule has 4 heteroatoms. The Balaban J connectivity index is 1.18. The van der Waals surface area contributed by atoms with Gasteiger partial charge in [0.15, 0.2) is 5.58 Å². The molecule has 0 aliphatic heterocycles. The number of rotatable bonds is 4. The number of furan rings is 3. The zero-order chi connectivity index (χ0) is 32.8. The number of hydrogen-bond acceptors (Lipinski definition) is 4. The van der Waals surface area contributed by atoms with Crippen LogP contribution in [0, 0.1) is 0 Å². The molecule has 3 heterocycles. The molecule has 0 radical (unpaired) electrons. The third-order valence-corrected chi connectivity index (χ3v) is 10.1. The number of anilines is 3. The second kappa shape index (κ2) is 10.4. The maximum atomic E-state index is 6.60. The fourth-order valence-electron chi connectivity index (χ4n) is 7.76. The van der Waals surface area contributed by atoms with E-state index in [1.54, 1.807) is 0 Å². The molecule has 0 N–H and O–H groups in total. The summed E-state index contributed by atoms with van der Waals surface area (Å²) in [6, 6.07) is 57.1. The van der Waals surface area contributed by atoms with E-state index in [-0.39, 0.29) is 0 Å². The minimum Gasteiger partial charge on any atom is -0.456 e. The summed E-state index contributed by atoms with van der Waals surface area (Å²) in [4.78, 5) is 2.29. The summed E-state index contributed by atoms with van der Waals surface area (Å²) in [5, 5.41) is 8.67. The van der Waals surface area contributed by atoms with Gasteiger partial charge < -0.3 is 18.2 Å². The first-order valence-electron chi connectivity index (χ1n) is 16.8. The van der Waals surface area contributed by atoms with Crippen LogP contribution in [0.1, 0.15) is 0 Å². The molecule has 0 bridgehead atoms. The van der Waals surface area contributed by atoms with Gasteiger partial charge in [0.1, 0.15) is 27.9 Å². The first-order valence-corrected chi connectivity index (χ1v) is 16.8. The van der Waals surface area contributed by atoms with Crippen LogP contribution in [-0.4, -0.2) is 0 Å². The van der Waals surface area contributed by atoms with Gasteiger partial charge in [0, 0.05) is 49.1 Å². The van der Waals surface area contributed by atoms with Crippen molar-refractivity contribution in [3.8, 4) is 11.1 Å². The van der Waals surface area contributed by atoms with Gasteiger partial charge in [-0.25, -0.2) is 0 Å². The van der Waals surface area contributed by atoms with E-state index in [1.807, 2.05) is 30.3 Å². The second-order valence-electron chi connectivity index (χ2n) is 12.9. The van der Waals surface area contributed by atoms with Crippen LogP contribution in [0.25, 0.3) is 87.7 Å². The van der Waals surface area contributed by atoms with Crippen molar-refractivity contribution in [2.24, 2.45) is 0 Å². The van der Waals surface area contributed by atoms with Crippen LogP contribution in [0.3, 0.4) is 0 Å². The van der Waals surface area contributed by atoms with Gasteiger partial charge in [-0.05, 0) is 77.2 Å². The molecule has 234 valence electrons. The predicted molar refractivity (Wildman–Crippen MR) is 206 cm³/mol. The molecule has 0 unspecified atom stereocenters. The first-order chi connectivity index (χ1) is 24.8. The molecule has 50 heavy (non-hydrogen) atoms. The van der Waals surface area contributed by atoms with Gasteiger partial charge in [0.2, 0.25) is 0 Å². The van der Waals surface area contributed by atoms with Gasteiger partial charge in [-0.15, -0.1) is 0 Å². The van der Waals surface area contributed by atoms with Gasteiger partial charge in [0.05, 0.1) is 5.69 Å². The Morgan fingerprint density at radius 1 is 0.340 bits per heavy atom. The molecule has 3 aromatic heterocycles. The molecule has 0 saturated carbocycles. The highest BCUT2D eigenvalue weighted by Gasteiger charge is 2.22. The maximum absolute atomic E-state index is 6.60. The molecule has 0 aliphatic rings. The highest BCUT2D eigenvalue weighted by Crippen LogP contribution is 2.46. The van der Waals surface area contributed by atoms with E-state index in [2.05, 4.69) is 138 Å². The molecule has 0 amide bonds. The third kappa shape index (κ3) is 3.93. The number of nitrogens with zero attached hydrogens (tertiary/aromatic N) is 1. The van der Waals surface area contributed by atoms with Gasteiger partial charge in [-0.3, -0.25) is 0 Å². The molecular weight excluding hydrogens is 615 g/mol. The van der Waals surface area contributed by atoms with Crippen molar-refractivity contribution >= 4 is 93.7 Å². The van der Waals surface area contributed by atoms with Crippen molar-refractivity contribution in [2.75, 3.05) is 4.90 Å². The standard InChI is InChI=1S/C46H27NO3/c1-2-9-28(10-3-1)29-17-20-31(21-18-29)47(38-15-8-14-35-34-13-6-7-16-39(34)49-46(35)38)32-22-24-40-37(27-32)44-41(48-40)25-26-42-43(44)36-23-19-30-11-4-5-12-33(30)45(36)50-42/h1-27H. The number of para-hydroxylation sites is 2. The van der Waals surface area contributed by atoms with E-state index in [4.69, 9.17) is 13.3 Å². The Kier molecular flexibility index (Phi) is 5.63. The fourth-order valence-corrected chi connectivity index (χ4v) is 7.76. The summed E-state index contributed by atoms with van der Waals surface area (Å²) in [7, 11) is 0. The van der Waals surface area contributed by atoms with E-state index >= 15 is 0 Å². The molecule has 0 saturated heterocycles. The Bertz CT molecular complexity index is 3090. The first kappa shape index (κ1) is 27.2. The van der Waals surface area contributed by atoms with Crippen LogP contribution in [0.2, 0.25) is 0 Å². The average Bonchev–Trinajstić information content (AvgIpc) is 3.87. The van der Waals surface area contributed by atoms with Crippen molar-refractivity contribution in [3.63, 3.8) is 0 Å². The number of fused-ring (bicyclic) bond motifs is 12. The zero-order valence-corrected chi connectivity index (χ0v) is 26.8. The van der Waals surface area contributed by atoms with Crippen molar-refractivity contribution in [3.05, 3.63) is 164 Å². The quantitative estimate of drug-likeness (QED) is 0.192. The number of hydrogen-bond donors (Lipinski definition) is 0. The van der Waals surface area contributed by atoms with Crippen LogP contribution in [-0.2, 0) is 0 Å². The van der Waals surface area contributed by atoms with Crippen molar-refractivity contribution in [2.45, 2.75) is 0 Å². The normalized spacial score (nSPS) is 12.0. The van der Waals surface area contributed by atoms with E-state index in [9.17, 15) is 0 Å². The minimum absolute atomic E-state index is 0.827. The van der Waals surface area contributed by atoms with Crippen molar-refractivity contribution in [1.82, 2.24) is 0 Å². The monoisotopic (exact) mass is 641 g/mol. The Morgan fingerprint density at radius 3 is 1.86 bits per heavy atom. The second-order valence-corrected chi connectivity index (χ2v) is 12.9. The summed E-state index contributed by atoms with van der Waals surface area (Å²) >= 11 is 0. The predicted octanol–water partition coefficient (Wildman–Crippen LogP) is 13.7. The largest absolute Gasteiger partial charge is 0.456 e. The Morgan fingerprint density at radius 2 is 0.980 bits per heavy atom. The highest BCUT2D eigenvalue weighted by atomic mass is 16.3. The molecule has 0 spiro atoms. The minimum atomic E-state index is 0.827. The number of benzene rings is 8. The van der Waals surface area contributed by atoms with Gasteiger partial charge in [-0.1, -0.05) is 103 Å². The van der Waals surface area contributed by atoms with Crippen molar-refractivity contribution in [1.29, 1.82) is 0 Å². The lowest BCUT2D eigenvalue weighted by Gasteiger charge is -2.26. The fraction of sp³-hybridized carbons (Fsp3) is 0. The lowest BCUT2D eigenvalue weighted by molar-refractivity contribution is 0.664. The summed E-state index contributed by atoms with van der Waals surface area (Å²) < 4.78 is 19.7. The summed E-state index contributed by atoms with van der Waals surface area (Å²) in [5.74, 6) is 0. The molecule has 0 aliphatic carbocycles. The molecule has 11 aromatic rings. The lowest BCUT2D eigenvalue weighted by atomic mass is 10.0.